The predicted molar refractivity (Wildman–Crippen MR) is 147 cm³/mol. The molecule has 0 saturated heterocycles. The molecule has 6 heteroatoms. The summed E-state index contributed by atoms with van der Waals surface area (Å²) in [6.07, 6.45) is 0. The van der Waals surface area contributed by atoms with Crippen molar-refractivity contribution < 1.29 is 19.7 Å². The van der Waals surface area contributed by atoms with Crippen molar-refractivity contribution >= 4 is 17.3 Å². The first-order valence-corrected chi connectivity index (χ1v) is 12.1. The summed E-state index contributed by atoms with van der Waals surface area (Å²) in [5, 5.41) is 20.5. The van der Waals surface area contributed by atoms with Crippen LogP contribution in [0, 0.1) is 0 Å². The molecule has 0 fully saturated rings. The highest BCUT2D eigenvalue weighted by atomic mass is 16.5. The topological polar surface area (TPSA) is 119 Å². The standard InChI is InChI=1S/C32H24N2O4/c33-26-17-19(13-15-28(26)35)32(20-14-16-29(36)27(34)18-20)25-12-5-4-9-22(25)23-10-6-11-24(30(23)32)31(37)38-21-7-2-1-3-8-21/h1-18,35-36H,33-34H2. The predicted octanol–water partition coefficient (Wildman–Crippen LogP) is 5.84. The number of benzene rings is 5. The lowest BCUT2D eigenvalue weighted by molar-refractivity contribution is 0.0733. The zero-order chi connectivity index (χ0) is 26.4. The lowest BCUT2D eigenvalue weighted by Gasteiger charge is -2.35. The van der Waals surface area contributed by atoms with Crippen molar-refractivity contribution in [2.45, 2.75) is 5.41 Å². The molecule has 186 valence electrons. The molecule has 0 unspecified atom stereocenters. The molecular formula is C32H24N2O4. The SMILES string of the molecule is Nc1cc(C2(c3ccc(O)c(N)c3)c3ccccc3-c3cccc(C(=O)Oc4ccccc4)c32)ccc1O. The van der Waals surface area contributed by atoms with Gasteiger partial charge >= 0.3 is 5.97 Å². The highest BCUT2D eigenvalue weighted by molar-refractivity contribution is 6.00. The fourth-order valence-electron chi connectivity index (χ4n) is 5.52. The van der Waals surface area contributed by atoms with Gasteiger partial charge in [-0.2, -0.15) is 0 Å². The number of fused-ring (bicyclic) bond motifs is 3. The number of aromatic hydroxyl groups is 2. The van der Waals surface area contributed by atoms with E-state index in [0.717, 1.165) is 27.8 Å². The lowest BCUT2D eigenvalue weighted by atomic mass is 9.66. The zero-order valence-corrected chi connectivity index (χ0v) is 20.3. The Balaban J connectivity index is 1.72. The molecular weight excluding hydrogens is 476 g/mol. The first kappa shape index (κ1) is 23.2. The molecule has 0 aliphatic heterocycles. The number of anilines is 2. The van der Waals surface area contributed by atoms with Crippen molar-refractivity contribution in [3.8, 4) is 28.4 Å². The molecule has 1 aliphatic rings. The smallest absolute Gasteiger partial charge is 0.343 e. The molecule has 1 aliphatic carbocycles. The fourth-order valence-corrected chi connectivity index (χ4v) is 5.52. The average molecular weight is 501 g/mol. The van der Waals surface area contributed by atoms with Crippen molar-refractivity contribution in [3.05, 3.63) is 137 Å². The van der Waals surface area contributed by atoms with Crippen LogP contribution in [0.4, 0.5) is 11.4 Å². The van der Waals surface area contributed by atoms with Gasteiger partial charge in [0.15, 0.2) is 0 Å². The van der Waals surface area contributed by atoms with Crippen LogP contribution in [-0.2, 0) is 5.41 Å². The molecule has 0 aromatic heterocycles. The number of phenolic OH excluding ortho intramolecular Hbond substituents is 2. The Bertz CT molecular complexity index is 1660. The molecule has 38 heavy (non-hydrogen) atoms. The maximum Gasteiger partial charge on any atom is 0.343 e. The summed E-state index contributed by atoms with van der Waals surface area (Å²) >= 11 is 0. The molecule has 0 radical (unpaired) electrons. The van der Waals surface area contributed by atoms with E-state index in [9.17, 15) is 15.0 Å². The Morgan fingerprint density at radius 3 is 1.87 bits per heavy atom. The van der Waals surface area contributed by atoms with Crippen LogP contribution in [-0.4, -0.2) is 16.2 Å². The van der Waals surface area contributed by atoms with Crippen LogP contribution < -0.4 is 16.2 Å². The van der Waals surface area contributed by atoms with Crippen LogP contribution in [0.25, 0.3) is 11.1 Å². The van der Waals surface area contributed by atoms with Crippen molar-refractivity contribution in [1.29, 1.82) is 0 Å². The Hall–Kier alpha value is -5.23. The van der Waals surface area contributed by atoms with E-state index in [1.807, 2.05) is 42.5 Å². The molecule has 0 saturated carbocycles. The highest BCUT2D eigenvalue weighted by Crippen LogP contribution is 2.58. The normalized spacial score (nSPS) is 12.9. The molecule has 5 aromatic carbocycles. The third-order valence-corrected chi connectivity index (χ3v) is 7.16. The Kier molecular flexibility index (Phi) is 5.31. The highest BCUT2D eigenvalue weighted by Gasteiger charge is 2.49. The Labute approximate surface area is 219 Å². The molecule has 6 rings (SSSR count). The second kappa shape index (κ2) is 8.71. The van der Waals surface area contributed by atoms with Gasteiger partial charge in [-0.25, -0.2) is 4.79 Å². The van der Waals surface area contributed by atoms with Gasteiger partial charge in [-0.15, -0.1) is 0 Å². The van der Waals surface area contributed by atoms with Crippen LogP contribution in [0.3, 0.4) is 0 Å². The van der Waals surface area contributed by atoms with Gasteiger partial charge < -0.3 is 26.4 Å². The fraction of sp³-hybridized carbons (Fsp3) is 0.0312. The first-order chi connectivity index (χ1) is 18.4. The number of nitrogens with two attached hydrogens (primary N) is 2. The van der Waals surface area contributed by atoms with Gasteiger partial charge in [-0.3, -0.25) is 0 Å². The number of ether oxygens (including phenoxy) is 1. The van der Waals surface area contributed by atoms with Crippen molar-refractivity contribution in [1.82, 2.24) is 0 Å². The van der Waals surface area contributed by atoms with Gasteiger partial charge in [-0.1, -0.05) is 66.7 Å². The van der Waals surface area contributed by atoms with Gasteiger partial charge in [-0.05, 0) is 75.8 Å². The van der Waals surface area contributed by atoms with Crippen molar-refractivity contribution in [2.75, 3.05) is 11.5 Å². The molecule has 5 aromatic rings. The van der Waals surface area contributed by atoms with Crippen LogP contribution in [0.1, 0.15) is 32.6 Å². The minimum absolute atomic E-state index is 0.0441. The molecule has 0 amide bonds. The van der Waals surface area contributed by atoms with Gasteiger partial charge in [0.2, 0.25) is 0 Å². The van der Waals surface area contributed by atoms with E-state index in [-0.39, 0.29) is 22.9 Å². The second-order valence-corrected chi connectivity index (χ2v) is 9.27. The summed E-state index contributed by atoms with van der Waals surface area (Å²) in [6, 6.07) is 32.5. The lowest BCUT2D eigenvalue weighted by Crippen LogP contribution is -2.31. The average Bonchev–Trinajstić information content (AvgIpc) is 3.24. The van der Waals surface area contributed by atoms with E-state index in [1.54, 1.807) is 66.7 Å². The first-order valence-electron chi connectivity index (χ1n) is 12.1. The number of carbonyl (C=O) groups is 1. The monoisotopic (exact) mass is 500 g/mol. The van der Waals surface area contributed by atoms with Crippen LogP contribution in [0.15, 0.2) is 109 Å². The number of nitrogen functional groups attached to an aromatic ring is 2. The van der Waals surface area contributed by atoms with Gasteiger partial charge in [0.1, 0.15) is 17.2 Å². The maximum absolute atomic E-state index is 13.8. The minimum atomic E-state index is -1.05. The molecule has 0 spiro atoms. The summed E-state index contributed by atoms with van der Waals surface area (Å²) in [6.45, 7) is 0. The van der Waals surface area contributed by atoms with Crippen LogP contribution in [0.2, 0.25) is 0 Å². The number of carbonyl (C=O) groups excluding carboxylic acids is 1. The summed E-state index contributed by atoms with van der Waals surface area (Å²) in [4.78, 5) is 13.8. The summed E-state index contributed by atoms with van der Waals surface area (Å²) in [7, 11) is 0. The van der Waals surface area contributed by atoms with Gasteiger partial charge in [0.25, 0.3) is 0 Å². The van der Waals surface area contributed by atoms with E-state index >= 15 is 0 Å². The summed E-state index contributed by atoms with van der Waals surface area (Å²) < 4.78 is 5.81. The number of esters is 1. The van der Waals surface area contributed by atoms with Crippen LogP contribution >= 0.6 is 0 Å². The van der Waals surface area contributed by atoms with Gasteiger partial charge in [0.05, 0.1) is 22.4 Å². The van der Waals surface area contributed by atoms with Crippen LogP contribution in [0.5, 0.6) is 17.2 Å². The number of hydrogen-bond donors (Lipinski definition) is 4. The molecule has 6 nitrogen and oxygen atoms in total. The molecule has 0 atom stereocenters. The zero-order valence-electron chi connectivity index (χ0n) is 20.3. The van der Waals surface area contributed by atoms with E-state index in [4.69, 9.17) is 16.2 Å². The van der Waals surface area contributed by atoms with E-state index < -0.39 is 11.4 Å². The Morgan fingerprint density at radius 2 is 1.24 bits per heavy atom. The van der Waals surface area contributed by atoms with Crippen molar-refractivity contribution in [2.24, 2.45) is 0 Å². The van der Waals surface area contributed by atoms with Gasteiger partial charge in [0, 0.05) is 0 Å². The number of phenols is 2. The van der Waals surface area contributed by atoms with E-state index in [2.05, 4.69) is 0 Å². The Morgan fingerprint density at radius 1 is 0.658 bits per heavy atom. The molecule has 0 bridgehead atoms. The maximum atomic E-state index is 13.8. The number of hydrogen-bond acceptors (Lipinski definition) is 6. The van der Waals surface area contributed by atoms with E-state index in [1.165, 1.54) is 0 Å². The molecule has 6 N–H and O–H groups in total. The quantitative estimate of drug-likeness (QED) is 0.104. The summed E-state index contributed by atoms with van der Waals surface area (Å²) in [5.41, 5.74) is 17.0. The van der Waals surface area contributed by atoms with Crippen molar-refractivity contribution in [3.63, 3.8) is 0 Å². The minimum Gasteiger partial charge on any atom is -0.506 e. The third-order valence-electron chi connectivity index (χ3n) is 7.16. The largest absolute Gasteiger partial charge is 0.506 e. The second-order valence-electron chi connectivity index (χ2n) is 9.27. The number of para-hydroxylation sites is 1. The summed E-state index contributed by atoms with van der Waals surface area (Å²) in [5.74, 6) is -0.169. The molecule has 0 heterocycles. The number of rotatable bonds is 4. The van der Waals surface area contributed by atoms with E-state index in [0.29, 0.717) is 16.9 Å². The third kappa shape index (κ3) is 3.38.